The Kier molecular flexibility index (Phi) is 6.57. The molecule has 2 aliphatic rings. The Balaban J connectivity index is 1.21. The van der Waals surface area contributed by atoms with Gasteiger partial charge in [-0.25, -0.2) is 0 Å². The lowest BCUT2D eigenvalue weighted by Gasteiger charge is -2.37. The first kappa shape index (κ1) is 22.9. The van der Waals surface area contributed by atoms with Crippen LogP contribution in [0.25, 0.3) is 21.8 Å². The van der Waals surface area contributed by atoms with Gasteiger partial charge in [0.15, 0.2) is 0 Å². The molecule has 1 N–H and O–H groups in total. The molecule has 0 saturated carbocycles. The van der Waals surface area contributed by atoms with Gasteiger partial charge in [-0.3, -0.25) is 19.4 Å². The second-order valence-corrected chi connectivity index (χ2v) is 9.56. The molecule has 180 valence electrons. The lowest BCUT2D eigenvalue weighted by Crippen LogP contribution is -2.54. The quantitative estimate of drug-likeness (QED) is 0.611. The van der Waals surface area contributed by atoms with E-state index >= 15 is 0 Å². The minimum atomic E-state index is -0.218. The average Bonchev–Trinajstić information content (AvgIpc) is 3.50. The van der Waals surface area contributed by atoms with Crippen LogP contribution in [0.15, 0.2) is 42.5 Å². The van der Waals surface area contributed by atoms with Crippen LogP contribution in [0.1, 0.15) is 26.7 Å². The Morgan fingerprint density at radius 3 is 2.35 bits per heavy atom. The fourth-order valence-corrected chi connectivity index (χ4v) is 5.45. The van der Waals surface area contributed by atoms with E-state index in [4.69, 9.17) is 0 Å². The number of carbonyl (C=O) groups is 2. The summed E-state index contributed by atoms with van der Waals surface area (Å²) in [6.07, 6.45) is 2.25. The first-order valence-electron chi connectivity index (χ1n) is 12.6. The van der Waals surface area contributed by atoms with Gasteiger partial charge in [0.2, 0.25) is 11.8 Å². The Hall–Kier alpha value is -2.90. The number of piperazine rings is 1. The highest BCUT2D eigenvalue weighted by Crippen LogP contribution is 2.31. The number of likely N-dealkylation sites (tertiary alicyclic amines) is 1. The monoisotopic (exact) mass is 461 g/mol. The number of fused-ring (bicyclic) bond motifs is 3. The predicted molar refractivity (Wildman–Crippen MR) is 137 cm³/mol. The third kappa shape index (κ3) is 4.42. The van der Waals surface area contributed by atoms with Gasteiger partial charge >= 0.3 is 0 Å². The molecule has 0 bridgehead atoms. The second-order valence-electron chi connectivity index (χ2n) is 9.56. The van der Waals surface area contributed by atoms with E-state index < -0.39 is 0 Å². The first-order chi connectivity index (χ1) is 16.5. The van der Waals surface area contributed by atoms with E-state index in [1.807, 2.05) is 17.9 Å². The molecule has 2 amide bonds. The molecular weight excluding hydrogens is 426 g/mol. The van der Waals surface area contributed by atoms with Crippen molar-refractivity contribution in [1.82, 2.24) is 19.3 Å². The molecule has 2 saturated heterocycles. The molecule has 1 aromatic heterocycles. The van der Waals surface area contributed by atoms with Crippen molar-refractivity contribution in [3.63, 3.8) is 0 Å². The van der Waals surface area contributed by atoms with Crippen LogP contribution in [0.3, 0.4) is 0 Å². The van der Waals surface area contributed by atoms with E-state index in [1.54, 1.807) is 0 Å². The average molecular weight is 462 g/mol. The molecule has 2 aromatic carbocycles. The Morgan fingerprint density at radius 1 is 0.912 bits per heavy atom. The van der Waals surface area contributed by atoms with Gasteiger partial charge in [-0.2, -0.15) is 0 Å². The Bertz CT molecular complexity index is 1190. The highest BCUT2D eigenvalue weighted by atomic mass is 16.2. The van der Waals surface area contributed by atoms with Crippen molar-refractivity contribution in [1.29, 1.82) is 0 Å². The second kappa shape index (κ2) is 9.76. The topological polar surface area (TPSA) is 60.8 Å². The molecule has 0 radical (unpaired) electrons. The highest BCUT2D eigenvalue weighted by molar-refractivity contribution is 6.10. The van der Waals surface area contributed by atoms with Crippen molar-refractivity contribution in [2.45, 2.75) is 39.3 Å². The smallest absolute Gasteiger partial charge is 0.241 e. The van der Waals surface area contributed by atoms with Crippen LogP contribution >= 0.6 is 0 Å². The van der Waals surface area contributed by atoms with E-state index in [0.717, 1.165) is 64.3 Å². The number of nitrogens with zero attached hydrogens (tertiary/aromatic N) is 4. The molecule has 2 fully saturated rings. The number of anilines is 1. The number of rotatable bonds is 6. The highest BCUT2D eigenvalue weighted by Gasteiger charge is 2.28. The summed E-state index contributed by atoms with van der Waals surface area (Å²) >= 11 is 0. The van der Waals surface area contributed by atoms with Gasteiger partial charge in [0.1, 0.15) is 0 Å². The summed E-state index contributed by atoms with van der Waals surface area (Å²) in [6.45, 7) is 10.6. The summed E-state index contributed by atoms with van der Waals surface area (Å²) in [6, 6.07) is 14.4. The summed E-state index contributed by atoms with van der Waals surface area (Å²) in [7, 11) is 0. The number of hydrogen-bond acceptors (Lipinski definition) is 4. The summed E-state index contributed by atoms with van der Waals surface area (Å²) in [4.78, 5) is 31.9. The minimum absolute atomic E-state index is 0.0140. The molecule has 3 heterocycles. The van der Waals surface area contributed by atoms with Gasteiger partial charge < -0.3 is 14.8 Å². The largest absolute Gasteiger partial charge is 0.342 e. The van der Waals surface area contributed by atoms with E-state index in [-0.39, 0.29) is 17.9 Å². The Morgan fingerprint density at radius 2 is 1.62 bits per heavy atom. The third-order valence-corrected chi connectivity index (χ3v) is 7.51. The van der Waals surface area contributed by atoms with Crippen LogP contribution in [-0.4, -0.2) is 82.9 Å². The maximum absolute atomic E-state index is 13.1. The van der Waals surface area contributed by atoms with Crippen LogP contribution in [0, 0.1) is 0 Å². The number of carbonyl (C=O) groups excluding carboxylic acids is 2. The van der Waals surface area contributed by atoms with Crippen molar-refractivity contribution < 1.29 is 9.59 Å². The van der Waals surface area contributed by atoms with Gasteiger partial charge in [0.05, 0.1) is 12.6 Å². The maximum Gasteiger partial charge on any atom is 0.241 e. The number of hydrogen-bond donors (Lipinski definition) is 1. The molecule has 1 atom stereocenters. The normalized spacial score (nSPS) is 18.6. The molecule has 0 spiro atoms. The number of benzene rings is 2. The molecule has 1 unspecified atom stereocenters. The number of nitrogens with one attached hydrogen (secondary N) is 1. The van der Waals surface area contributed by atoms with E-state index in [9.17, 15) is 9.59 Å². The van der Waals surface area contributed by atoms with Gasteiger partial charge in [-0.05, 0) is 51.0 Å². The number of aryl methyl sites for hydroxylation is 1. The zero-order chi connectivity index (χ0) is 23.7. The molecule has 2 aliphatic heterocycles. The lowest BCUT2D eigenvalue weighted by atomic mass is 10.1. The molecule has 34 heavy (non-hydrogen) atoms. The standard InChI is InChI=1S/C27H35N5O2/c1-3-32-24-9-5-4-8-22(24)23-18-21(10-11-25(23)32)28-27(34)20(2)30-16-14-29(15-17-30)19-26(33)31-12-6-7-13-31/h4-5,8-11,18,20H,3,6-7,12-17,19H2,1-2H3,(H,28,34). The zero-order valence-electron chi connectivity index (χ0n) is 20.3. The summed E-state index contributed by atoms with van der Waals surface area (Å²) in [5, 5.41) is 5.52. The number of amides is 2. The fraction of sp³-hybridized carbons (Fsp3) is 0.481. The number of para-hydroxylation sites is 1. The number of aromatic nitrogens is 1. The first-order valence-corrected chi connectivity index (χ1v) is 12.6. The van der Waals surface area contributed by atoms with Gasteiger partial charge in [0, 0.05) is 73.3 Å². The summed E-state index contributed by atoms with van der Waals surface area (Å²) in [5.74, 6) is 0.261. The predicted octanol–water partition coefficient (Wildman–Crippen LogP) is 3.38. The fourth-order valence-electron chi connectivity index (χ4n) is 5.45. The van der Waals surface area contributed by atoms with Crippen LogP contribution in [0.4, 0.5) is 5.69 Å². The molecule has 0 aliphatic carbocycles. The van der Waals surface area contributed by atoms with E-state index in [0.29, 0.717) is 6.54 Å². The maximum atomic E-state index is 13.1. The molecule has 5 rings (SSSR count). The molecule has 7 heteroatoms. The zero-order valence-corrected chi connectivity index (χ0v) is 20.3. The molecular formula is C27H35N5O2. The van der Waals surface area contributed by atoms with Crippen molar-refractivity contribution in [3.8, 4) is 0 Å². The van der Waals surface area contributed by atoms with Crippen LogP contribution in [-0.2, 0) is 16.1 Å². The minimum Gasteiger partial charge on any atom is -0.342 e. The SMILES string of the molecule is CCn1c2ccccc2c2cc(NC(=O)C(C)N3CCN(CC(=O)N4CCCC4)CC3)ccc21. The van der Waals surface area contributed by atoms with Crippen LogP contribution in [0.5, 0.6) is 0 Å². The third-order valence-electron chi connectivity index (χ3n) is 7.51. The van der Waals surface area contributed by atoms with E-state index in [1.165, 1.54) is 21.8 Å². The molecule has 3 aromatic rings. The van der Waals surface area contributed by atoms with Gasteiger partial charge in [-0.1, -0.05) is 18.2 Å². The van der Waals surface area contributed by atoms with E-state index in [2.05, 4.69) is 63.0 Å². The van der Waals surface area contributed by atoms with Crippen LogP contribution in [0.2, 0.25) is 0 Å². The van der Waals surface area contributed by atoms with Crippen molar-refractivity contribution in [3.05, 3.63) is 42.5 Å². The Labute approximate surface area is 201 Å². The molecule has 7 nitrogen and oxygen atoms in total. The van der Waals surface area contributed by atoms with Crippen molar-refractivity contribution in [2.75, 3.05) is 51.1 Å². The summed E-state index contributed by atoms with van der Waals surface area (Å²) < 4.78 is 2.31. The van der Waals surface area contributed by atoms with Crippen molar-refractivity contribution in [2.24, 2.45) is 0 Å². The summed E-state index contributed by atoms with van der Waals surface area (Å²) in [5.41, 5.74) is 3.24. The lowest BCUT2D eigenvalue weighted by molar-refractivity contribution is -0.132. The van der Waals surface area contributed by atoms with Crippen LogP contribution < -0.4 is 5.32 Å². The van der Waals surface area contributed by atoms with Gasteiger partial charge in [-0.15, -0.1) is 0 Å². The van der Waals surface area contributed by atoms with Gasteiger partial charge in [0.25, 0.3) is 0 Å². The van der Waals surface area contributed by atoms with Crippen molar-refractivity contribution >= 4 is 39.3 Å².